The van der Waals surface area contributed by atoms with Crippen molar-refractivity contribution in [3.63, 3.8) is 0 Å². The minimum atomic E-state index is -1.40. The van der Waals surface area contributed by atoms with Crippen molar-refractivity contribution in [2.24, 2.45) is 11.8 Å². The normalized spacial score (nSPS) is 31.3. The first kappa shape index (κ1) is 32.7. The number of nitrogens with one attached hydrogen (secondary N) is 1. The minimum absolute atomic E-state index is 0.0771. The van der Waals surface area contributed by atoms with Gasteiger partial charge in [0.25, 0.3) is 0 Å². The number of fused-ring (bicyclic) bond motifs is 2. The number of hydrogen-bond donors (Lipinski definition) is 2. The summed E-state index contributed by atoms with van der Waals surface area (Å²) >= 11 is 0. The highest BCUT2D eigenvalue weighted by Crippen LogP contribution is 2.57. The molecule has 6 rings (SSSR count). The van der Waals surface area contributed by atoms with E-state index in [-0.39, 0.29) is 31.5 Å². The van der Waals surface area contributed by atoms with Crippen molar-refractivity contribution in [2.45, 2.75) is 75.4 Å². The van der Waals surface area contributed by atoms with Crippen LogP contribution in [0.5, 0.6) is 0 Å². The topological polar surface area (TPSA) is 125 Å². The van der Waals surface area contributed by atoms with Crippen LogP contribution in [0, 0.1) is 11.8 Å². The van der Waals surface area contributed by atoms with Crippen LogP contribution in [0.2, 0.25) is 0 Å². The van der Waals surface area contributed by atoms with Gasteiger partial charge in [0.1, 0.15) is 18.2 Å². The molecule has 3 amide bonds. The van der Waals surface area contributed by atoms with E-state index in [4.69, 9.17) is 9.47 Å². The SMILES string of the molecule is CCCC(C)N1C/C=C\CCC(=O)OC[C@H](c2ccccc2)NC(=O)[C@@H]2[C@H]3C(=O)N([C@H](CO)c4ccccc4)[C@H](C1=O)[C@]31C=C[C@H]2O1. The Balaban J connectivity index is 1.46. The Bertz CT molecular complexity index is 1530. The minimum Gasteiger partial charge on any atom is -0.463 e. The Morgan fingerprint density at radius 1 is 1.00 bits per heavy atom. The molecule has 0 saturated carbocycles. The average molecular weight is 642 g/mol. The van der Waals surface area contributed by atoms with Crippen molar-refractivity contribution in [1.82, 2.24) is 15.1 Å². The van der Waals surface area contributed by atoms with E-state index in [0.717, 1.165) is 18.4 Å². The lowest BCUT2D eigenvalue weighted by molar-refractivity contribution is -0.152. The van der Waals surface area contributed by atoms with E-state index < -0.39 is 66.1 Å². The van der Waals surface area contributed by atoms with Gasteiger partial charge in [-0.05, 0) is 30.9 Å². The number of carbonyl (C=O) groups excluding carboxylic acids is 4. The number of nitrogens with zero attached hydrogens (tertiary/aromatic N) is 2. The molecule has 4 aliphatic rings. The van der Waals surface area contributed by atoms with Crippen molar-refractivity contribution in [3.05, 3.63) is 96.1 Å². The molecule has 10 nitrogen and oxygen atoms in total. The molecule has 1 spiro atoms. The molecular weight excluding hydrogens is 598 g/mol. The summed E-state index contributed by atoms with van der Waals surface area (Å²) in [5.41, 5.74) is 0.0241. The zero-order valence-electron chi connectivity index (χ0n) is 26.9. The van der Waals surface area contributed by atoms with Crippen LogP contribution in [0.15, 0.2) is 85.0 Å². The standard InChI is InChI=1S/C37H43N3O7/c1-3-13-24(2)39-21-12-6-11-18-30(42)46-23-27(25-14-7-4-8-15-25)38-34(43)31-29-19-20-37(47-29)32(31)35(44)40(33(37)36(39)45)28(22-41)26-16-9-5-10-17-26/h4-10,12,14-17,19-20,24,27-29,31-33,41H,3,11,13,18,21-23H2,1-2H3,(H,38,43)/b12-6-/t24?,27-,28-,29-,31+,32+,33-,37+/m1/s1. The summed E-state index contributed by atoms with van der Waals surface area (Å²) in [7, 11) is 0. The average Bonchev–Trinajstić information content (AvgIpc) is 3.73. The second kappa shape index (κ2) is 13.8. The monoisotopic (exact) mass is 641 g/mol. The van der Waals surface area contributed by atoms with Crippen molar-refractivity contribution >= 4 is 23.7 Å². The number of rotatable bonds is 7. The Labute approximate surface area is 275 Å². The van der Waals surface area contributed by atoms with Gasteiger partial charge in [-0.3, -0.25) is 19.2 Å². The molecule has 2 fully saturated rings. The van der Waals surface area contributed by atoms with Crippen LogP contribution in [-0.4, -0.2) is 82.1 Å². The highest BCUT2D eigenvalue weighted by atomic mass is 16.5. The van der Waals surface area contributed by atoms with E-state index in [1.54, 1.807) is 17.1 Å². The third kappa shape index (κ3) is 6.00. The van der Waals surface area contributed by atoms with E-state index >= 15 is 0 Å². The summed E-state index contributed by atoms with van der Waals surface area (Å²) in [6.07, 6.45) is 8.71. The first-order chi connectivity index (χ1) is 22.8. The molecule has 1 unspecified atom stereocenters. The fourth-order valence-corrected chi connectivity index (χ4v) is 7.70. The van der Waals surface area contributed by atoms with Crippen molar-refractivity contribution in [2.75, 3.05) is 19.8 Å². The predicted octanol–water partition coefficient (Wildman–Crippen LogP) is 3.64. The fraction of sp³-hybridized carbons (Fsp3) is 0.459. The van der Waals surface area contributed by atoms with Crippen molar-refractivity contribution < 1.29 is 33.8 Å². The van der Waals surface area contributed by atoms with Gasteiger partial charge >= 0.3 is 5.97 Å². The van der Waals surface area contributed by atoms with Gasteiger partial charge in [0.05, 0.1) is 36.6 Å². The molecule has 2 aromatic rings. The maximum absolute atomic E-state index is 14.9. The maximum Gasteiger partial charge on any atom is 0.306 e. The van der Waals surface area contributed by atoms with Gasteiger partial charge < -0.3 is 29.7 Å². The van der Waals surface area contributed by atoms with Crippen LogP contribution in [0.3, 0.4) is 0 Å². The van der Waals surface area contributed by atoms with Crippen molar-refractivity contribution in [1.29, 1.82) is 0 Å². The van der Waals surface area contributed by atoms with Crippen LogP contribution >= 0.6 is 0 Å². The summed E-state index contributed by atoms with van der Waals surface area (Å²) in [6.45, 7) is 3.80. The molecule has 0 aliphatic carbocycles. The molecule has 0 radical (unpaired) electrons. The van der Waals surface area contributed by atoms with E-state index in [9.17, 15) is 24.3 Å². The highest BCUT2D eigenvalue weighted by Gasteiger charge is 2.74. The summed E-state index contributed by atoms with van der Waals surface area (Å²) in [5, 5.41) is 13.8. The molecule has 10 heteroatoms. The molecule has 248 valence electrons. The van der Waals surface area contributed by atoms with Crippen LogP contribution in [-0.2, 0) is 28.7 Å². The Morgan fingerprint density at radius 2 is 1.72 bits per heavy atom. The van der Waals surface area contributed by atoms with E-state index in [0.29, 0.717) is 12.0 Å². The van der Waals surface area contributed by atoms with E-state index in [2.05, 4.69) is 12.2 Å². The van der Waals surface area contributed by atoms with Gasteiger partial charge in [-0.2, -0.15) is 0 Å². The number of esters is 1. The van der Waals surface area contributed by atoms with Crippen LogP contribution in [0.25, 0.3) is 0 Å². The molecule has 2 aromatic carbocycles. The third-order valence-corrected chi connectivity index (χ3v) is 9.98. The summed E-state index contributed by atoms with van der Waals surface area (Å²) in [6, 6.07) is 15.6. The fourth-order valence-electron chi connectivity index (χ4n) is 7.70. The number of likely N-dealkylation sites (tertiary alicyclic amines) is 1. The molecule has 4 heterocycles. The Hall–Kier alpha value is -4.28. The van der Waals surface area contributed by atoms with Gasteiger partial charge in [-0.15, -0.1) is 0 Å². The second-order valence-corrected chi connectivity index (χ2v) is 12.8. The van der Waals surface area contributed by atoms with E-state index in [1.807, 2.05) is 79.7 Å². The number of cyclic esters (lactones) is 1. The van der Waals surface area contributed by atoms with Gasteiger partial charge in [0.15, 0.2) is 0 Å². The lowest BCUT2D eigenvalue weighted by Gasteiger charge is -2.40. The molecule has 2 saturated heterocycles. The molecule has 2 N–H and O–H groups in total. The van der Waals surface area contributed by atoms with Crippen LogP contribution < -0.4 is 5.32 Å². The number of allylic oxidation sites excluding steroid dienone is 1. The largest absolute Gasteiger partial charge is 0.463 e. The summed E-state index contributed by atoms with van der Waals surface area (Å²) in [5.74, 6) is -3.49. The lowest BCUT2D eigenvalue weighted by atomic mass is 9.74. The molecule has 47 heavy (non-hydrogen) atoms. The number of amides is 3. The number of aliphatic hydroxyl groups excluding tert-OH is 1. The van der Waals surface area contributed by atoms with E-state index in [1.165, 1.54) is 4.90 Å². The highest BCUT2D eigenvalue weighted by molar-refractivity contribution is 6.00. The maximum atomic E-state index is 14.9. The Kier molecular flexibility index (Phi) is 9.61. The van der Waals surface area contributed by atoms with Gasteiger partial charge in [0, 0.05) is 19.0 Å². The molecule has 4 aliphatic heterocycles. The van der Waals surface area contributed by atoms with Gasteiger partial charge in [0.2, 0.25) is 17.7 Å². The number of benzene rings is 2. The third-order valence-electron chi connectivity index (χ3n) is 9.98. The second-order valence-electron chi connectivity index (χ2n) is 12.8. The van der Waals surface area contributed by atoms with Crippen LogP contribution in [0.1, 0.15) is 62.7 Å². The molecular formula is C37H43N3O7. The predicted molar refractivity (Wildman–Crippen MR) is 173 cm³/mol. The molecule has 0 aromatic heterocycles. The van der Waals surface area contributed by atoms with Crippen LogP contribution in [0.4, 0.5) is 0 Å². The van der Waals surface area contributed by atoms with Crippen molar-refractivity contribution in [3.8, 4) is 0 Å². The quantitative estimate of drug-likeness (QED) is 0.350. The van der Waals surface area contributed by atoms with Gasteiger partial charge in [-0.25, -0.2) is 0 Å². The number of hydrogen-bond acceptors (Lipinski definition) is 7. The number of ether oxygens (including phenoxy) is 2. The zero-order valence-corrected chi connectivity index (χ0v) is 26.9. The molecule has 5 bridgehead atoms. The first-order valence-electron chi connectivity index (χ1n) is 16.6. The Morgan fingerprint density at radius 3 is 2.43 bits per heavy atom. The number of aliphatic hydroxyl groups is 1. The summed E-state index contributed by atoms with van der Waals surface area (Å²) < 4.78 is 12.2. The zero-order chi connectivity index (χ0) is 33.1. The smallest absolute Gasteiger partial charge is 0.306 e. The number of carbonyl (C=O) groups is 4. The van der Waals surface area contributed by atoms with Gasteiger partial charge in [-0.1, -0.05) is 98.3 Å². The molecule has 8 atom stereocenters. The summed E-state index contributed by atoms with van der Waals surface area (Å²) in [4.78, 5) is 59.9. The lowest BCUT2D eigenvalue weighted by Crippen LogP contribution is -2.58. The first-order valence-corrected chi connectivity index (χ1v) is 16.6.